The van der Waals surface area contributed by atoms with E-state index in [0.29, 0.717) is 78.0 Å². The van der Waals surface area contributed by atoms with Gasteiger partial charge in [-0.2, -0.15) is 5.10 Å². The van der Waals surface area contributed by atoms with E-state index in [1.54, 1.807) is 6.20 Å². The number of nitrogens with two attached hydrogens (primary N) is 1. The Morgan fingerprint density at radius 1 is 0.891 bits per heavy atom. The third-order valence-electron chi connectivity index (χ3n) is 13.3. The predicted octanol–water partition coefficient (Wildman–Crippen LogP) is 5.71. The molecule has 5 N–H and O–H groups in total. The Hall–Kier alpha value is -6.23. The monoisotopic (exact) mass is 870 g/mol. The minimum absolute atomic E-state index is 0.0336. The van der Waals surface area contributed by atoms with Crippen LogP contribution < -0.4 is 21.7 Å². The van der Waals surface area contributed by atoms with Crippen LogP contribution in [0.5, 0.6) is 0 Å². The van der Waals surface area contributed by atoms with Crippen LogP contribution in [0.2, 0.25) is 0 Å². The van der Waals surface area contributed by atoms with Gasteiger partial charge in [-0.3, -0.25) is 29.5 Å². The van der Waals surface area contributed by atoms with Crippen LogP contribution >= 0.6 is 0 Å². The number of hydrogen-bond acceptors (Lipinski definition) is 13. The van der Waals surface area contributed by atoms with Crippen molar-refractivity contribution in [2.45, 2.75) is 115 Å². The highest BCUT2D eigenvalue weighted by molar-refractivity contribution is 6.02. The summed E-state index contributed by atoms with van der Waals surface area (Å²) in [5.74, 6) is 2.02. The summed E-state index contributed by atoms with van der Waals surface area (Å²) < 4.78 is 7.76. The van der Waals surface area contributed by atoms with Gasteiger partial charge in [0, 0.05) is 69.3 Å². The quantitative estimate of drug-likeness (QED) is 0.0929. The van der Waals surface area contributed by atoms with Crippen molar-refractivity contribution in [3.8, 4) is 22.6 Å². The van der Waals surface area contributed by atoms with E-state index in [0.717, 1.165) is 93.8 Å². The Morgan fingerprint density at radius 3 is 2.38 bits per heavy atom. The van der Waals surface area contributed by atoms with Crippen molar-refractivity contribution in [1.82, 2.24) is 50.3 Å². The van der Waals surface area contributed by atoms with Crippen molar-refractivity contribution < 1.29 is 23.7 Å². The Morgan fingerprint density at radius 2 is 1.67 bits per heavy atom. The number of nitrogens with zero attached hydrogens (tertiary/aromatic N) is 8. The van der Waals surface area contributed by atoms with Gasteiger partial charge >= 0.3 is 0 Å². The molecular formula is C47H58N12O5. The first-order valence-corrected chi connectivity index (χ1v) is 23.0. The highest BCUT2D eigenvalue weighted by Gasteiger charge is 2.36. The molecule has 0 spiro atoms. The van der Waals surface area contributed by atoms with Crippen molar-refractivity contribution in [2.24, 2.45) is 5.92 Å². The van der Waals surface area contributed by atoms with Crippen LogP contribution in [0, 0.1) is 5.92 Å². The molecule has 1 unspecified atom stereocenters. The van der Waals surface area contributed by atoms with Gasteiger partial charge in [-0.15, -0.1) is 0 Å². The molecule has 1 atom stereocenters. The molecule has 64 heavy (non-hydrogen) atoms. The molecule has 17 nitrogen and oxygen atoms in total. The molecule has 4 aromatic heterocycles. The fourth-order valence-corrected chi connectivity index (χ4v) is 9.44. The molecule has 3 aliphatic heterocycles. The smallest absolute Gasteiger partial charge is 0.249 e. The second-order valence-corrected chi connectivity index (χ2v) is 18.2. The van der Waals surface area contributed by atoms with Gasteiger partial charge in [0.15, 0.2) is 5.65 Å². The third kappa shape index (κ3) is 9.64. The number of aromatic nitrogens is 6. The highest BCUT2D eigenvalue weighted by atomic mass is 16.5. The molecular weight excluding hydrogens is 813 g/mol. The molecule has 336 valence electrons. The lowest BCUT2D eigenvalue weighted by atomic mass is 9.88. The molecule has 17 heteroatoms. The van der Waals surface area contributed by atoms with E-state index in [1.165, 1.54) is 11.9 Å². The lowest BCUT2D eigenvalue weighted by Gasteiger charge is -2.38. The zero-order chi connectivity index (χ0) is 44.3. The first-order chi connectivity index (χ1) is 31.1. The fourth-order valence-electron chi connectivity index (χ4n) is 9.44. The van der Waals surface area contributed by atoms with Crippen LogP contribution in [0.25, 0.3) is 33.7 Å². The van der Waals surface area contributed by atoms with Crippen molar-refractivity contribution in [3.05, 3.63) is 65.8 Å². The van der Waals surface area contributed by atoms with E-state index < -0.39 is 0 Å². The number of fused-ring (bicyclic) bond motifs is 1. The maximum Gasteiger partial charge on any atom is 0.249 e. The summed E-state index contributed by atoms with van der Waals surface area (Å²) in [6, 6.07) is 11.9. The number of hydrogen-bond donors (Lipinski definition) is 4. The number of rotatable bonds is 15. The topological polar surface area (TPSA) is 219 Å². The van der Waals surface area contributed by atoms with E-state index in [1.807, 2.05) is 47.7 Å². The van der Waals surface area contributed by atoms with Gasteiger partial charge in [0.1, 0.15) is 35.3 Å². The zero-order valence-electron chi connectivity index (χ0n) is 36.7. The molecule has 1 saturated carbocycles. The Labute approximate surface area is 372 Å². The number of likely N-dealkylation sites (tertiary alicyclic amines) is 2. The number of benzene rings is 1. The summed E-state index contributed by atoms with van der Waals surface area (Å²) in [6.07, 6.45) is 11.5. The van der Waals surface area contributed by atoms with E-state index in [4.69, 9.17) is 20.3 Å². The predicted molar refractivity (Wildman–Crippen MR) is 240 cm³/mol. The van der Waals surface area contributed by atoms with Crippen LogP contribution in [-0.4, -0.2) is 102 Å². The molecule has 1 aromatic carbocycles. The summed E-state index contributed by atoms with van der Waals surface area (Å²) in [7, 11) is 0. The van der Waals surface area contributed by atoms with Crippen molar-refractivity contribution >= 4 is 46.2 Å². The number of carbonyl (C=O) groups excluding carboxylic acids is 4. The van der Waals surface area contributed by atoms with E-state index in [2.05, 4.69) is 48.1 Å². The fraction of sp³-hybridized carbons (Fsp3) is 0.511. The van der Waals surface area contributed by atoms with Crippen molar-refractivity contribution in [3.63, 3.8) is 0 Å². The molecule has 4 amide bonds. The van der Waals surface area contributed by atoms with Gasteiger partial charge in [-0.1, -0.05) is 23.4 Å². The maximum absolute atomic E-state index is 13.1. The zero-order valence-corrected chi connectivity index (χ0v) is 36.7. The van der Waals surface area contributed by atoms with Gasteiger partial charge in [0.05, 0.1) is 16.6 Å². The first-order valence-electron chi connectivity index (χ1n) is 23.0. The van der Waals surface area contributed by atoms with Gasteiger partial charge in [-0.05, 0) is 119 Å². The standard InChI is InChI=1S/C47H58N12O5/c1-28(2)59-46-41(45(48)51-27-52-46)42(55-59)43-40(44(64-56-43)33-7-8-33)35-13-6-30(24-49-35)25-50-37(60)4-3-5-39(62)58-22-16-29(17-23-58)26-57-20-18-32(19-21-57)31-9-11-34(12-10-31)53-36-14-15-38(61)54-47(36)63/h6,9-13,24,27-29,32-33,36,53H,3-5,7-8,14-23,25-26H2,1-2H3,(H,50,60)(H2,48,51,52)(H,54,61,63). The number of nitrogen functional groups attached to an aromatic ring is 1. The number of piperidine rings is 3. The molecule has 9 rings (SSSR count). The van der Waals surface area contributed by atoms with Crippen LogP contribution in [-0.2, 0) is 25.7 Å². The van der Waals surface area contributed by atoms with Crippen LogP contribution in [0.4, 0.5) is 11.5 Å². The molecule has 0 radical (unpaired) electrons. The first kappa shape index (κ1) is 43.0. The summed E-state index contributed by atoms with van der Waals surface area (Å²) >= 11 is 0. The summed E-state index contributed by atoms with van der Waals surface area (Å²) in [5, 5.41) is 18.7. The molecule has 4 fully saturated rings. The van der Waals surface area contributed by atoms with Crippen LogP contribution in [0.3, 0.4) is 0 Å². The minimum atomic E-state index is -0.380. The number of imide groups is 1. The lowest BCUT2D eigenvalue weighted by molar-refractivity contribution is -0.134. The molecule has 3 saturated heterocycles. The summed E-state index contributed by atoms with van der Waals surface area (Å²) in [5.41, 5.74) is 12.7. The summed E-state index contributed by atoms with van der Waals surface area (Å²) in [6.45, 7) is 9.12. The second kappa shape index (κ2) is 18.9. The average Bonchev–Trinajstić information content (AvgIpc) is 3.93. The van der Waals surface area contributed by atoms with E-state index in [9.17, 15) is 19.2 Å². The average molecular weight is 871 g/mol. The van der Waals surface area contributed by atoms with Crippen LogP contribution in [0.1, 0.15) is 119 Å². The lowest BCUT2D eigenvalue weighted by Crippen LogP contribution is -2.47. The number of amides is 4. The number of pyridine rings is 1. The third-order valence-corrected chi connectivity index (χ3v) is 13.3. The van der Waals surface area contributed by atoms with Gasteiger partial charge in [-0.25, -0.2) is 14.6 Å². The number of anilines is 2. The van der Waals surface area contributed by atoms with Gasteiger partial charge in [0.25, 0.3) is 0 Å². The normalized spacial score (nSPS) is 19.0. The number of carbonyl (C=O) groups is 4. The van der Waals surface area contributed by atoms with Crippen LogP contribution in [0.15, 0.2) is 53.4 Å². The number of nitrogens with one attached hydrogen (secondary N) is 3. The van der Waals surface area contributed by atoms with Crippen molar-refractivity contribution in [2.75, 3.05) is 43.8 Å². The second-order valence-electron chi connectivity index (χ2n) is 18.2. The Bertz CT molecular complexity index is 2480. The molecule has 4 aliphatic rings. The minimum Gasteiger partial charge on any atom is -0.383 e. The molecule has 7 heterocycles. The Kier molecular flexibility index (Phi) is 12.7. The summed E-state index contributed by atoms with van der Waals surface area (Å²) in [4.78, 5) is 67.6. The van der Waals surface area contributed by atoms with Gasteiger partial charge in [0.2, 0.25) is 23.6 Å². The maximum atomic E-state index is 13.1. The largest absolute Gasteiger partial charge is 0.383 e. The highest BCUT2D eigenvalue weighted by Crippen LogP contribution is 2.48. The SMILES string of the molecule is CC(C)n1nc(-c2noc(C3CC3)c2-c2ccc(CNC(=O)CCCC(=O)N3CCC(CN4CCC(c5ccc(NC6CCC(=O)NC6=O)cc5)CC4)CC3)cn2)c2c(N)ncnc21. The Balaban J connectivity index is 0.688. The van der Waals surface area contributed by atoms with E-state index in [-0.39, 0.29) is 48.1 Å². The molecule has 1 aliphatic carbocycles. The molecule has 0 bridgehead atoms. The van der Waals surface area contributed by atoms with E-state index >= 15 is 0 Å². The molecule has 5 aromatic rings. The van der Waals surface area contributed by atoms with Gasteiger partial charge < -0.3 is 30.7 Å². The van der Waals surface area contributed by atoms with Crippen molar-refractivity contribution in [1.29, 1.82) is 0 Å².